The van der Waals surface area contributed by atoms with Gasteiger partial charge in [0.2, 0.25) is 0 Å². The van der Waals surface area contributed by atoms with Crippen LogP contribution in [0.3, 0.4) is 0 Å². The van der Waals surface area contributed by atoms with Crippen LogP contribution in [-0.2, 0) is 26.5 Å². The first-order valence-electron chi connectivity index (χ1n) is 7.14. The van der Waals surface area contributed by atoms with Crippen LogP contribution in [-0.4, -0.2) is 20.9 Å². The van der Waals surface area contributed by atoms with Gasteiger partial charge in [-0.2, -0.15) is 5.10 Å². The highest BCUT2D eigenvalue weighted by Gasteiger charge is 2.16. The second-order valence-electron chi connectivity index (χ2n) is 5.36. The molecule has 5 nitrogen and oxygen atoms in total. The van der Waals surface area contributed by atoms with Crippen LogP contribution in [0.25, 0.3) is 0 Å². The monoisotopic (exact) mass is 286 g/mol. The van der Waals surface area contributed by atoms with Gasteiger partial charge in [0.15, 0.2) is 0 Å². The molecule has 21 heavy (non-hydrogen) atoms. The Balaban J connectivity index is 1.76. The van der Waals surface area contributed by atoms with E-state index in [1.807, 2.05) is 6.07 Å². The Labute approximate surface area is 123 Å². The Kier molecular flexibility index (Phi) is 3.64. The van der Waals surface area contributed by atoms with E-state index in [-0.39, 0.29) is 12.2 Å². The van der Waals surface area contributed by atoms with Crippen molar-refractivity contribution in [3.8, 4) is 5.75 Å². The summed E-state index contributed by atoms with van der Waals surface area (Å²) in [5.74, 6) is -0.194. The number of aryl methyl sites for hydroxylation is 3. The quantitative estimate of drug-likeness (QED) is 0.938. The summed E-state index contributed by atoms with van der Waals surface area (Å²) in [6, 6.07) is 6.15. The van der Waals surface area contributed by atoms with Crippen molar-refractivity contribution in [2.45, 2.75) is 32.3 Å². The Hall–Kier alpha value is -2.30. The van der Waals surface area contributed by atoms with Crippen LogP contribution in [0.5, 0.6) is 5.75 Å². The van der Waals surface area contributed by atoms with Crippen LogP contribution in [0.15, 0.2) is 24.4 Å². The molecular weight excluding hydrogens is 268 g/mol. The van der Waals surface area contributed by atoms with Gasteiger partial charge in [-0.05, 0) is 48.9 Å². The molecule has 1 N–H and O–H groups in total. The minimum atomic E-state index is -0.979. The topological polar surface area (TPSA) is 64.4 Å². The van der Waals surface area contributed by atoms with E-state index in [9.17, 15) is 4.79 Å². The Morgan fingerprint density at radius 2 is 2.10 bits per heavy atom. The fourth-order valence-electron chi connectivity index (χ4n) is 2.76. The molecule has 2 aromatic rings. The van der Waals surface area contributed by atoms with Gasteiger partial charge in [0.05, 0.1) is 11.9 Å². The lowest BCUT2D eigenvalue weighted by atomic mass is 9.92. The van der Waals surface area contributed by atoms with Gasteiger partial charge in [-0.1, -0.05) is 6.07 Å². The number of carbonyl (C=O) groups is 1. The smallest absolute Gasteiger partial charge is 0.339 e. The summed E-state index contributed by atoms with van der Waals surface area (Å²) in [5, 5.41) is 13.1. The number of aromatic nitrogens is 2. The average Bonchev–Trinajstić information content (AvgIpc) is 2.86. The summed E-state index contributed by atoms with van der Waals surface area (Å²) in [7, 11) is 1.72. The molecule has 0 radical (unpaired) electrons. The number of hydrogen-bond donors (Lipinski definition) is 1. The standard InChI is InChI=1S/C16H18N2O3/c1-18-15(14(9-17-18)16(19)20)10-21-13-7-6-11-4-2-3-5-12(11)8-13/h6-9H,2-5,10H2,1H3,(H,19,20). The molecule has 110 valence electrons. The van der Waals surface area contributed by atoms with Crippen LogP contribution >= 0.6 is 0 Å². The van der Waals surface area contributed by atoms with Crippen LogP contribution < -0.4 is 4.74 Å². The van der Waals surface area contributed by atoms with Crippen molar-refractivity contribution < 1.29 is 14.6 Å². The Morgan fingerprint density at radius 1 is 1.33 bits per heavy atom. The van der Waals surface area contributed by atoms with Crippen LogP contribution in [0.2, 0.25) is 0 Å². The molecule has 0 amide bonds. The molecule has 0 aliphatic heterocycles. The number of carboxylic acids is 1. The third-order valence-electron chi connectivity index (χ3n) is 3.99. The summed E-state index contributed by atoms with van der Waals surface area (Å²) in [6.45, 7) is 0.205. The maximum absolute atomic E-state index is 11.1. The van der Waals surface area contributed by atoms with E-state index >= 15 is 0 Å². The van der Waals surface area contributed by atoms with Gasteiger partial charge in [0.25, 0.3) is 0 Å². The minimum Gasteiger partial charge on any atom is -0.487 e. The van der Waals surface area contributed by atoms with E-state index in [1.54, 1.807) is 11.7 Å². The number of rotatable bonds is 4. The summed E-state index contributed by atoms with van der Waals surface area (Å²) >= 11 is 0. The van der Waals surface area contributed by atoms with E-state index in [1.165, 1.54) is 30.2 Å². The summed E-state index contributed by atoms with van der Waals surface area (Å²) < 4.78 is 7.31. The molecule has 1 heterocycles. The molecule has 0 spiro atoms. The van der Waals surface area contributed by atoms with Crippen molar-refractivity contribution in [3.63, 3.8) is 0 Å². The highest BCUT2D eigenvalue weighted by Crippen LogP contribution is 2.26. The zero-order valence-corrected chi connectivity index (χ0v) is 12.0. The predicted octanol–water partition coefficient (Wildman–Crippen LogP) is 2.58. The fraction of sp³-hybridized carbons (Fsp3) is 0.375. The van der Waals surface area contributed by atoms with Gasteiger partial charge in [-0.25, -0.2) is 4.79 Å². The molecule has 1 aromatic heterocycles. The van der Waals surface area contributed by atoms with Gasteiger partial charge < -0.3 is 9.84 Å². The number of carboxylic acid groups (broad SMARTS) is 1. The highest BCUT2D eigenvalue weighted by molar-refractivity contribution is 5.88. The summed E-state index contributed by atoms with van der Waals surface area (Å²) in [6.07, 6.45) is 6.07. The van der Waals surface area contributed by atoms with Crippen molar-refractivity contribution in [2.24, 2.45) is 7.05 Å². The van der Waals surface area contributed by atoms with Crippen molar-refractivity contribution >= 4 is 5.97 Å². The second kappa shape index (κ2) is 5.60. The molecule has 1 aliphatic rings. The number of ether oxygens (including phenoxy) is 1. The average molecular weight is 286 g/mol. The molecular formula is C16H18N2O3. The zero-order valence-electron chi connectivity index (χ0n) is 12.0. The van der Waals surface area contributed by atoms with Gasteiger partial charge in [0, 0.05) is 7.05 Å². The van der Waals surface area contributed by atoms with E-state index in [0.717, 1.165) is 18.6 Å². The van der Waals surface area contributed by atoms with Crippen molar-refractivity contribution in [2.75, 3.05) is 0 Å². The van der Waals surface area contributed by atoms with E-state index in [2.05, 4.69) is 17.2 Å². The first kappa shape index (κ1) is 13.7. The fourth-order valence-corrected chi connectivity index (χ4v) is 2.76. The highest BCUT2D eigenvalue weighted by atomic mass is 16.5. The van der Waals surface area contributed by atoms with Gasteiger partial charge in [0.1, 0.15) is 17.9 Å². The molecule has 5 heteroatoms. The molecule has 0 fully saturated rings. The summed E-state index contributed by atoms with van der Waals surface area (Å²) in [4.78, 5) is 11.1. The Bertz CT molecular complexity index is 676. The number of nitrogens with zero attached hydrogens (tertiary/aromatic N) is 2. The van der Waals surface area contributed by atoms with Crippen molar-refractivity contribution in [3.05, 3.63) is 46.8 Å². The van der Waals surface area contributed by atoms with E-state index in [4.69, 9.17) is 9.84 Å². The number of benzene rings is 1. The first-order valence-corrected chi connectivity index (χ1v) is 7.14. The molecule has 0 unspecified atom stereocenters. The molecule has 0 saturated heterocycles. The third kappa shape index (κ3) is 2.77. The molecule has 3 rings (SSSR count). The van der Waals surface area contributed by atoms with E-state index in [0.29, 0.717) is 5.69 Å². The lowest BCUT2D eigenvalue weighted by Gasteiger charge is -2.17. The van der Waals surface area contributed by atoms with Crippen LogP contribution in [0.4, 0.5) is 0 Å². The molecule has 0 atom stereocenters. The molecule has 0 saturated carbocycles. The van der Waals surface area contributed by atoms with Gasteiger partial charge in [-0.3, -0.25) is 4.68 Å². The number of hydrogen-bond acceptors (Lipinski definition) is 3. The van der Waals surface area contributed by atoms with Crippen LogP contribution in [0.1, 0.15) is 40.0 Å². The SMILES string of the molecule is Cn1ncc(C(=O)O)c1COc1ccc2c(c1)CCCC2. The minimum absolute atomic E-state index is 0.190. The number of aromatic carboxylic acids is 1. The lowest BCUT2D eigenvalue weighted by Crippen LogP contribution is -2.09. The number of fused-ring (bicyclic) bond motifs is 1. The van der Waals surface area contributed by atoms with Crippen LogP contribution in [0, 0.1) is 0 Å². The Morgan fingerprint density at radius 3 is 2.86 bits per heavy atom. The molecule has 0 bridgehead atoms. The molecule has 1 aliphatic carbocycles. The van der Waals surface area contributed by atoms with Gasteiger partial charge >= 0.3 is 5.97 Å². The normalized spacial score (nSPS) is 13.8. The first-order chi connectivity index (χ1) is 10.1. The lowest BCUT2D eigenvalue weighted by molar-refractivity contribution is 0.0693. The largest absolute Gasteiger partial charge is 0.487 e. The van der Waals surface area contributed by atoms with Crippen molar-refractivity contribution in [1.82, 2.24) is 9.78 Å². The van der Waals surface area contributed by atoms with Gasteiger partial charge in [-0.15, -0.1) is 0 Å². The second-order valence-corrected chi connectivity index (χ2v) is 5.36. The predicted molar refractivity (Wildman–Crippen MR) is 77.6 cm³/mol. The molecule has 1 aromatic carbocycles. The zero-order chi connectivity index (χ0) is 14.8. The maximum atomic E-state index is 11.1. The van der Waals surface area contributed by atoms with Crippen molar-refractivity contribution in [1.29, 1.82) is 0 Å². The summed E-state index contributed by atoms with van der Waals surface area (Å²) in [5.41, 5.74) is 3.51. The maximum Gasteiger partial charge on any atom is 0.339 e. The van der Waals surface area contributed by atoms with E-state index < -0.39 is 5.97 Å². The third-order valence-corrected chi connectivity index (χ3v) is 3.99.